The topological polar surface area (TPSA) is 841 Å². The lowest BCUT2D eigenvalue weighted by atomic mass is 10.1. The highest BCUT2D eigenvalue weighted by atomic mass is 31.2. The Morgan fingerprint density at radius 3 is 0.876 bits per heavy atom. The van der Waals surface area contributed by atoms with Crippen LogP contribution in [0, 0.1) is 30.3 Å². The van der Waals surface area contributed by atoms with Crippen LogP contribution in [0.3, 0.4) is 0 Å². The van der Waals surface area contributed by atoms with Gasteiger partial charge in [-0.05, 0) is 36.4 Å². The van der Waals surface area contributed by atoms with Crippen LogP contribution in [0.1, 0.15) is 66.9 Å². The number of hydrogen-bond donors (Lipinski definition) is 18. The largest absolute Gasteiger partial charge is 0.587 e. The first-order valence-electron chi connectivity index (χ1n) is 31.6. The average Bonchev–Trinajstić information content (AvgIpc) is 1.66. The number of aromatic nitrogens is 8. The summed E-state index contributed by atoms with van der Waals surface area (Å²) in [6.45, 7) is -2.20. The Kier molecular flexibility index (Phi) is 28.5. The molecule has 4 amide bonds. The Morgan fingerprint density at radius 1 is 0.416 bits per heavy atom. The fourth-order valence-electron chi connectivity index (χ4n) is 10.5. The summed E-state index contributed by atoms with van der Waals surface area (Å²) in [4.78, 5) is 99.5. The number of aliphatic hydroxyl groups excluding tert-OH is 9. The predicted molar refractivity (Wildman–Crippen MR) is 369 cm³/mol. The molecule has 0 saturated carbocycles. The number of nitrogens with two attached hydrogens (primary N) is 8. The van der Waals surface area contributed by atoms with Crippen LogP contribution in [0.4, 0.5) is 40.3 Å². The third kappa shape index (κ3) is 20.5. The Bertz CT molecular complexity index is 4650. The Hall–Kier alpha value is -10.9. The number of hydrogen-bond acceptors (Lipinski definition) is 42. The van der Waals surface area contributed by atoms with Crippen molar-refractivity contribution < 1.29 is 154 Å². The summed E-state index contributed by atoms with van der Waals surface area (Å²) in [7, 11) is -11.1. The third-order valence-corrected chi connectivity index (χ3v) is 19.9. The predicted octanol–water partition coefficient (Wildman–Crippen LogP) is -3.65. The van der Waals surface area contributed by atoms with Gasteiger partial charge in [0.15, 0.2) is 47.7 Å². The number of nitrogens with zero attached hydrogens (tertiary/aromatic N) is 11. The molecule has 0 radical (unpaired) electrons. The fourth-order valence-corrected chi connectivity index (χ4v) is 13.1. The molecule has 7 aromatic rings. The number of imidazole rings is 4. The molecule has 616 valence electrons. The number of nitrogen functional groups attached to an aromatic ring is 4. The third-order valence-electron chi connectivity index (χ3n) is 16.3. The maximum Gasteiger partial charge on any atom is 0.587 e. The molecular formula is C56H72N19O35P3. The number of amides is 4. The molecule has 0 bridgehead atoms. The van der Waals surface area contributed by atoms with Crippen molar-refractivity contribution in [1.29, 1.82) is 0 Å². The van der Waals surface area contributed by atoms with Crippen molar-refractivity contribution in [2.75, 3.05) is 63.6 Å². The number of aliphatic hydroxyl groups is 9. The van der Waals surface area contributed by atoms with Crippen LogP contribution in [0.5, 0.6) is 17.2 Å². The second-order valence-corrected chi connectivity index (χ2v) is 28.3. The van der Waals surface area contributed by atoms with E-state index in [0.29, 0.717) is 0 Å². The molecule has 0 spiro atoms. The van der Waals surface area contributed by atoms with E-state index in [2.05, 4.69) is 29.0 Å². The number of carbonyl (C=O) groups is 4. The maximum absolute atomic E-state index is 13.6. The van der Waals surface area contributed by atoms with Crippen molar-refractivity contribution >= 4 is 87.4 Å². The molecule has 57 heteroatoms. The highest BCUT2D eigenvalue weighted by molar-refractivity contribution is 7.49. The van der Waals surface area contributed by atoms with Crippen LogP contribution in [-0.4, -0.2) is 241 Å². The highest BCUT2D eigenvalue weighted by Crippen LogP contribution is 2.52. The first-order chi connectivity index (χ1) is 53.1. The second kappa shape index (κ2) is 36.7. The molecule has 18 atom stereocenters. The number of rotatable bonds is 29. The van der Waals surface area contributed by atoms with Crippen molar-refractivity contribution in [3.63, 3.8) is 0 Å². The molecule has 4 aromatic heterocycles. The number of primary amides is 4. The number of phosphoric ester groups is 3. The number of nitro benzene ring substituents is 3. The second-order valence-electron chi connectivity index (χ2n) is 23.5. The zero-order valence-electron chi connectivity index (χ0n) is 57.9. The number of anilines is 4. The molecule has 4 saturated heterocycles. The van der Waals surface area contributed by atoms with E-state index in [9.17, 15) is 104 Å². The molecule has 113 heavy (non-hydrogen) atoms. The summed E-state index contributed by atoms with van der Waals surface area (Å²) in [5.41, 5.74) is 41.8. The molecule has 2 unspecified atom stereocenters. The van der Waals surface area contributed by atoms with Gasteiger partial charge >= 0.3 is 23.5 Å². The van der Waals surface area contributed by atoms with Crippen LogP contribution >= 0.6 is 23.5 Å². The summed E-state index contributed by atoms with van der Waals surface area (Å²) in [6, 6.07) is 13.5. The first kappa shape index (κ1) is 87.7. The van der Waals surface area contributed by atoms with Gasteiger partial charge in [0.2, 0.25) is 0 Å². The van der Waals surface area contributed by atoms with E-state index in [0.717, 1.165) is 108 Å². The van der Waals surface area contributed by atoms with Gasteiger partial charge in [0, 0.05) is 50.6 Å². The molecule has 4 aliphatic rings. The zero-order valence-corrected chi connectivity index (χ0v) is 60.5. The molecule has 26 N–H and O–H groups in total. The normalized spacial score (nSPS) is 25.5. The van der Waals surface area contributed by atoms with Gasteiger partial charge in [-0.15, -0.1) is 0 Å². The zero-order chi connectivity index (χ0) is 83.6. The van der Waals surface area contributed by atoms with Crippen LogP contribution in [0.2, 0.25) is 0 Å². The van der Waals surface area contributed by atoms with E-state index in [4.69, 9.17) is 102 Å². The summed E-state index contributed by atoms with van der Waals surface area (Å²) >= 11 is 0. The molecule has 8 heterocycles. The molecule has 0 aliphatic carbocycles. The van der Waals surface area contributed by atoms with Crippen molar-refractivity contribution in [3.8, 4) is 17.2 Å². The van der Waals surface area contributed by atoms with E-state index in [-0.39, 0.29) is 80.4 Å². The molecule has 4 fully saturated rings. The van der Waals surface area contributed by atoms with Crippen molar-refractivity contribution in [3.05, 3.63) is 151 Å². The van der Waals surface area contributed by atoms with Crippen LogP contribution in [0.25, 0.3) is 0 Å². The Labute approximate surface area is 630 Å². The van der Waals surface area contributed by atoms with Gasteiger partial charge in [-0.2, -0.15) is 0 Å². The Morgan fingerprint density at radius 2 is 0.655 bits per heavy atom. The summed E-state index contributed by atoms with van der Waals surface area (Å²) < 4.78 is 104. The van der Waals surface area contributed by atoms with Crippen LogP contribution < -0.4 is 59.4 Å². The number of non-ortho nitro benzene ring substituents is 3. The van der Waals surface area contributed by atoms with Gasteiger partial charge in [-0.1, -0.05) is 0 Å². The van der Waals surface area contributed by atoms with E-state index in [1.165, 1.54) is 23.0 Å². The van der Waals surface area contributed by atoms with Crippen molar-refractivity contribution in [1.82, 2.24) is 38.2 Å². The lowest BCUT2D eigenvalue weighted by molar-refractivity contribution is -0.385. The summed E-state index contributed by atoms with van der Waals surface area (Å²) in [5, 5.41) is 122. The first-order valence-corrected chi connectivity index (χ1v) is 36.1. The average molecular weight is 1660 g/mol. The smallest absolute Gasteiger partial charge is 0.404 e. The molecule has 4 aliphatic heterocycles. The monoisotopic (exact) mass is 1660 g/mol. The number of nitro groups is 3. The van der Waals surface area contributed by atoms with Gasteiger partial charge in [-0.25, -0.2) is 33.6 Å². The number of carbonyl (C=O) groups excluding carboxylic acids is 4. The summed E-state index contributed by atoms with van der Waals surface area (Å²) in [5.74, 6) is -4.49. The minimum absolute atomic E-state index is 0.0308. The lowest BCUT2D eigenvalue weighted by Crippen LogP contribution is -2.34. The minimum atomic E-state index is -4.67. The van der Waals surface area contributed by atoms with Gasteiger partial charge in [0.1, 0.15) is 114 Å². The van der Waals surface area contributed by atoms with Crippen LogP contribution in [0.15, 0.2) is 98.1 Å². The SMILES string of the molecule is COP(=O)(O)OC[C@H]1O[C@@H](n2cnc(C(N)=O)c2N)[C@H](O)[C@@H]1O.COP(=O)(OC[C@H]1O[C@@H](n2cnc(C(N)=O)c2N)[C@H](O)[C@@H]1O)Oc1ccc([N+](=O)[O-])cc1.NC(=O)c1ncn([C@@H]2O[C@H](CO)[C@@H](O)[C@H]2O)c1N.NC(=O)c1ncn([C@@H]2O[C@H](COP(=O)(Oc3ccc([N+](=O)[O-])cc3)Oc3ccc([N+](=O)[O-])cc3)[C@@H](O)[C@H]2O)c1N. The Balaban J connectivity index is 0.000000197. The number of benzene rings is 3. The molecule has 11 rings (SSSR count). The fraction of sp³-hybridized carbons (Fsp3) is 0.393. The standard InChI is InChI=1S/C21H21N6O12P.C16H20N5O10P.C10H17N4O8P.C9H14N4O5/c22-19-16(20(23)30)24-10-25(19)21-18(29)17(28)15(37-21)9-36-40(35,38-13-5-1-11(2-6-13)26(31)32)39-14-7-3-12(4-8-14)27(33)34;1-28-32(27,31-9-4-2-8(3-5-9)21(25)26)29-6-10-12(22)13(23)16(30-10)20-7-19-11(14(20)17)15(18)24;1-20-23(18,19)21-2-4-6(15)7(16)10(22-4)14-3-13-5(8(14)11)9(12)17;10-7-4(8(11)17)12-2-13(7)9-6(16)5(15)3(1-14)18-9/h1-8,10,15,17-18,21,28-29H,9,22H2,(H2,23,30);2-5,7,10,12-13,16,22-23H,6,17H2,1H3,(H2,18,24);3-4,6-7,10,15-16H,2,11H2,1H3,(H2,12,17)(H,18,19);2-3,5-6,9,14-16H,1,10H2,(H2,11,17)/t15-,17-,18-,21-;10-,12-,13-,16-,32?;4-,6-,7-,10-;3-,5-,6-,9-/m1111/s1. The van der Waals surface area contributed by atoms with Crippen molar-refractivity contribution in [2.24, 2.45) is 22.9 Å². The van der Waals surface area contributed by atoms with Gasteiger partial charge < -0.3 is 129 Å². The summed E-state index contributed by atoms with van der Waals surface area (Å²) in [6.07, 6.45) is -16.6. The van der Waals surface area contributed by atoms with Crippen LogP contribution in [-0.2, 0) is 55.3 Å². The highest BCUT2D eigenvalue weighted by Gasteiger charge is 2.50. The maximum atomic E-state index is 13.6. The lowest BCUT2D eigenvalue weighted by Gasteiger charge is -2.21. The van der Waals surface area contributed by atoms with Gasteiger partial charge in [0.25, 0.3) is 40.7 Å². The van der Waals surface area contributed by atoms with E-state index < -0.39 is 186 Å². The van der Waals surface area contributed by atoms with E-state index >= 15 is 0 Å². The minimum Gasteiger partial charge on any atom is -0.404 e. The van der Waals surface area contributed by atoms with E-state index in [1.54, 1.807) is 0 Å². The quantitative estimate of drug-likeness (QED) is 0.0122. The number of ether oxygens (including phenoxy) is 4. The molecular weight excluding hydrogens is 1590 g/mol. The molecule has 54 nitrogen and oxygen atoms in total. The van der Waals surface area contributed by atoms with Gasteiger partial charge in [0.05, 0.1) is 66.5 Å². The van der Waals surface area contributed by atoms with E-state index in [1.807, 2.05) is 0 Å². The number of phosphoric acid groups is 3. The molecule has 3 aromatic carbocycles. The van der Waals surface area contributed by atoms with Gasteiger partial charge in [-0.3, -0.25) is 90.4 Å². The van der Waals surface area contributed by atoms with Crippen molar-refractivity contribution in [2.45, 2.75) is 98.2 Å².